The van der Waals surface area contributed by atoms with E-state index >= 15 is 0 Å². The van der Waals surface area contributed by atoms with Crippen LogP contribution in [0.4, 0.5) is 13.2 Å². The smallest absolute Gasteiger partial charge is 0.405 e. The molecule has 4 nitrogen and oxygen atoms in total. The molecule has 1 unspecified atom stereocenters. The third-order valence-electron chi connectivity index (χ3n) is 2.74. The van der Waals surface area contributed by atoms with E-state index in [1.807, 2.05) is 0 Å². The Labute approximate surface area is 103 Å². The Morgan fingerprint density at radius 3 is 2.50 bits per heavy atom. The molecule has 0 aliphatic rings. The number of hydrogen-bond donors (Lipinski definition) is 2. The third kappa shape index (κ3) is 3.11. The maximum Gasteiger partial charge on any atom is 0.405 e. The van der Waals surface area contributed by atoms with Crippen LogP contribution < -0.4 is 16.0 Å². The van der Waals surface area contributed by atoms with Crippen LogP contribution in [-0.2, 0) is 6.42 Å². The van der Waals surface area contributed by atoms with Gasteiger partial charge in [0.25, 0.3) is 0 Å². The van der Waals surface area contributed by atoms with Crippen LogP contribution in [0.5, 0.6) is 5.75 Å². The summed E-state index contributed by atoms with van der Waals surface area (Å²) in [6.45, 7) is 3.46. The normalized spacial score (nSPS) is 13.5. The second-order valence-corrected chi connectivity index (χ2v) is 4.01. The van der Waals surface area contributed by atoms with Gasteiger partial charge in [-0.05, 0) is 13.8 Å². The van der Waals surface area contributed by atoms with Crippen molar-refractivity contribution in [1.29, 1.82) is 0 Å². The molecule has 18 heavy (non-hydrogen) atoms. The van der Waals surface area contributed by atoms with Crippen molar-refractivity contribution >= 4 is 0 Å². The lowest BCUT2D eigenvalue weighted by Gasteiger charge is -2.20. The van der Waals surface area contributed by atoms with E-state index < -0.39 is 12.2 Å². The number of aromatic nitrogens is 1. The molecule has 0 aromatic carbocycles. The van der Waals surface area contributed by atoms with E-state index in [1.165, 1.54) is 13.3 Å². The molecule has 1 aromatic rings. The van der Waals surface area contributed by atoms with Gasteiger partial charge in [0.2, 0.25) is 0 Å². The first-order valence-corrected chi connectivity index (χ1v) is 5.33. The predicted molar refractivity (Wildman–Crippen MR) is 61.1 cm³/mol. The van der Waals surface area contributed by atoms with Gasteiger partial charge in [-0.15, -0.1) is 0 Å². The molecule has 0 saturated carbocycles. The molecule has 0 fully saturated rings. The minimum Gasteiger partial charge on any atom is -0.496 e. The van der Waals surface area contributed by atoms with Gasteiger partial charge < -0.3 is 4.74 Å². The van der Waals surface area contributed by atoms with Gasteiger partial charge >= 0.3 is 6.18 Å². The number of hydrazine groups is 1. The molecule has 0 aliphatic heterocycles. The molecule has 0 bridgehead atoms. The summed E-state index contributed by atoms with van der Waals surface area (Å²) < 4.78 is 42.9. The van der Waals surface area contributed by atoms with Crippen molar-refractivity contribution in [1.82, 2.24) is 10.4 Å². The molecule has 0 saturated heterocycles. The third-order valence-corrected chi connectivity index (χ3v) is 2.74. The first-order valence-electron chi connectivity index (χ1n) is 5.33. The van der Waals surface area contributed by atoms with Crippen LogP contribution in [0.2, 0.25) is 0 Å². The Morgan fingerprint density at radius 1 is 1.44 bits per heavy atom. The summed E-state index contributed by atoms with van der Waals surface area (Å²) in [4.78, 5) is 4.01. The first-order chi connectivity index (χ1) is 8.31. The molecule has 1 atom stereocenters. The second kappa shape index (κ2) is 5.53. The number of aryl methyl sites for hydroxylation is 1. The largest absolute Gasteiger partial charge is 0.496 e. The van der Waals surface area contributed by atoms with E-state index in [4.69, 9.17) is 10.6 Å². The Morgan fingerprint density at radius 2 is 2.06 bits per heavy atom. The van der Waals surface area contributed by atoms with Gasteiger partial charge in [-0.2, -0.15) is 13.2 Å². The molecule has 1 aromatic heterocycles. The van der Waals surface area contributed by atoms with E-state index in [0.29, 0.717) is 17.0 Å². The summed E-state index contributed by atoms with van der Waals surface area (Å²) in [6, 6.07) is -1.82. The molecule has 0 radical (unpaired) electrons. The number of nitrogens with two attached hydrogens (primary N) is 1. The number of ether oxygens (including phenoxy) is 1. The highest BCUT2D eigenvalue weighted by Gasteiger charge is 2.39. The monoisotopic (exact) mass is 263 g/mol. The highest BCUT2D eigenvalue weighted by molar-refractivity contribution is 5.41. The zero-order valence-electron chi connectivity index (χ0n) is 10.4. The van der Waals surface area contributed by atoms with Gasteiger partial charge in [0.1, 0.15) is 11.8 Å². The lowest BCUT2D eigenvalue weighted by atomic mass is 10.0. The number of pyridine rings is 1. The molecule has 7 heteroatoms. The van der Waals surface area contributed by atoms with E-state index in [-0.39, 0.29) is 6.42 Å². The summed E-state index contributed by atoms with van der Waals surface area (Å²) in [5.41, 5.74) is 3.46. The average Bonchev–Trinajstić information content (AvgIpc) is 2.27. The summed E-state index contributed by atoms with van der Waals surface area (Å²) >= 11 is 0. The Bertz CT molecular complexity index is 421. The molecule has 0 spiro atoms. The quantitative estimate of drug-likeness (QED) is 0.640. The van der Waals surface area contributed by atoms with Crippen LogP contribution in [0.1, 0.15) is 16.8 Å². The molecule has 102 valence electrons. The summed E-state index contributed by atoms with van der Waals surface area (Å²) in [6.07, 6.45) is -3.26. The second-order valence-electron chi connectivity index (χ2n) is 4.01. The van der Waals surface area contributed by atoms with Crippen LogP contribution in [0.3, 0.4) is 0 Å². The van der Waals surface area contributed by atoms with Crippen LogP contribution >= 0.6 is 0 Å². The standard InChI is InChI=1S/C11H16F3N3O/c1-6-5-16-8(7(2)10(6)18-3)4-9(17-15)11(12,13)14/h5,9,17H,4,15H2,1-3H3. The number of alkyl halides is 3. The van der Waals surface area contributed by atoms with Crippen molar-refractivity contribution in [2.75, 3.05) is 7.11 Å². The van der Waals surface area contributed by atoms with Crippen LogP contribution in [0.15, 0.2) is 6.20 Å². The van der Waals surface area contributed by atoms with Crippen molar-refractivity contribution in [3.8, 4) is 5.75 Å². The number of rotatable bonds is 4. The molecule has 1 rings (SSSR count). The van der Waals surface area contributed by atoms with Crippen molar-refractivity contribution in [2.24, 2.45) is 5.84 Å². The number of hydrogen-bond acceptors (Lipinski definition) is 4. The van der Waals surface area contributed by atoms with E-state index in [9.17, 15) is 13.2 Å². The van der Waals surface area contributed by atoms with Gasteiger partial charge in [0.15, 0.2) is 0 Å². The molecular weight excluding hydrogens is 247 g/mol. The van der Waals surface area contributed by atoms with Crippen LogP contribution in [0, 0.1) is 13.8 Å². The lowest BCUT2D eigenvalue weighted by Crippen LogP contribution is -2.47. The minimum atomic E-state index is -4.42. The number of nitrogens with zero attached hydrogens (tertiary/aromatic N) is 1. The Balaban J connectivity index is 3.05. The SMILES string of the molecule is COc1c(C)cnc(CC(NN)C(F)(F)F)c1C. The van der Waals surface area contributed by atoms with E-state index in [0.717, 1.165) is 5.56 Å². The molecule has 0 amide bonds. The fourth-order valence-electron chi connectivity index (χ4n) is 1.74. The first kappa shape index (κ1) is 14.7. The van der Waals surface area contributed by atoms with Crippen LogP contribution in [0.25, 0.3) is 0 Å². The fourth-order valence-corrected chi connectivity index (χ4v) is 1.74. The molecule has 3 N–H and O–H groups in total. The van der Waals surface area contributed by atoms with E-state index in [1.54, 1.807) is 19.3 Å². The van der Waals surface area contributed by atoms with Gasteiger partial charge in [0, 0.05) is 29.4 Å². The maximum atomic E-state index is 12.6. The van der Waals surface area contributed by atoms with Crippen LogP contribution in [-0.4, -0.2) is 24.3 Å². The number of halogens is 3. The lowest BCUT2D eigenvalue weighted by molar-refractivity contribution is -0.155. The minimum absolute atomic E-state index is 0.317. The molecule has 1 heterocycles. The summed E-state index contributed by atoms with van der Waals surface area (Å²) in [5, 5.41) is 0. The van der Waals surface area contributed by atoms with Gasteiger partial charge in [-0.3, -0.25) is 10.8 Å². The van der Waals surface area contributed by atoms with Crippen molar-refractivity contribution in [3.05, 3.63) is 23.0 Å². The summed E-state index contributed by atoms with van der Waals surface area (Å²) in [7, 11) is 1.47. The molecule has 0 aliphatic carbocycles. The van der Waals surface area contributed by atoms with Gasteiger partial charge in [-0.1, -0.05) is 0 Å². The highest BCUT2D eigenvalue weighted by Crippen LogP contribution is 2.27. The topological polar surface area (TPSA) is 60.2 Å². The van der Waals surface area contributed by atoms with Crippen molar-refractivity contribution in [2.45, 2.75) is 32.5 Å². The fraction of sp³-hybridized carbons (Fsp3) is 0.545. The maximum absolute atomic E-state index is 12.6. The summed E-state index contributed by atoms with van der Waals surface area (Å²) in [5.74, 6) is 5.48. The molecular formula is C11H16F3N3O. The van der Waals surface area contributed by atoms with Crippen molar-refractivity contribution in [3.63, 3.8) is 0 Å². The van der Waals surface area contributed by atoms with Crippen molar-refractivity contribution < 1.29 is 17.9 Å². The zero-order chi connectivity index (χ0) is 13.9. The average molecular weight is 263 g/mol. The van der Waals surface area contributed by atoms with Gasteiger partial charge in [-0.25, -0.2) is 5.43 Å². The zero-order valence-corrected chi connectivity index (χ0v) is 10.4. The Hall–Kier alpha value is -1.34. The van der Waals surface area contributed by atoms with Gasteiger partial charge in [0.05, 0.1) is 7.11 Å². The Kier molecular flexibility index (Phi) is 4.53. The number of nitrogens with one attached hydrogen (secondary N) is 1. The van der Waals surface area contributed by atoms with E-state index in [2.05, 4.69) is 4.98 Å². The highest BCUT2D eigenvalue weighted by atomic mass is 19.4. The number of methoxy groups -OCH3 is 1. The predicted octanol–water partition coefficient (Wildman–Crippen LogP) is 1.64.